The van der Waals surface area contributed by atoms with Gasteiger partial charge >= 0.3 is 0 Å². The van der Waals surface area contributed by atoms with Crippen LogP contribution in [-0.4, -0.2) is 34.7 Å². The van der Waals surface area contributed by atoms with E-state index in [4.69, 9.17) is 5.11 Å². The summed E-state index contributed by atoms with van der Waals surface area (Å²) in [6, 6.07) is 0.342. The molecule has 0 spiro atoms. The van der Waals surface area contributed by atoms with Gasteiger partial charge in [0.15, 0.2) is 0 Å². The lowest BCUT2D eigenvalue weighted by molar-refractivity contribution is 0.296. The maximum absolute atomic E-state index is 8.60. The number of nitrogens with one attached hydrogen (secondary N) is 1. The molecule has 1 heterocycles. The molecule has 1 aromatic rings. The minimum absolute atomic E-state index is 0.301. The number of thiazole rings is 1. The molecule has 0 saturated heterocycles. The first kappa shape index (κ1) is 13.0. The molecule has 0 saturated carbocycles. The molecule has 0 aliphatic heterocycles. The van der Waals surface area contributed by atoms with Gasteiger partial charge in [-0.25, -0.2) is 4.98 Å². The number of aromatic nitrogens is 1. The molecule has 0 bridgehead atoms. The first-order valence-corrected chi connectivity index (χ1v) is 7.24. The molecule has 3 nitrogen and oxygen atoms in total. The van der Waals surface area contributed by atoms with Gasteiger partial charge in [-0.1, -0.05) is 0 Å². The fraction of sp³-hybridized carbons (Fsp3) is 0.700. The molecule has 0 radical (unpaired) electrons. The van der Waals surface area contributed by atoms with Crippen LogP contribution in [0.5, 0.6) is 0 Å². The predicted molar refractivity (Wildman–Crippen MR) is 67.6 cm³/mol. The molecular formula is C10H18N2OS2. The number of aliphatic hydroxyl groups excluding tert-OH is 1. The second-order valence-corrected chi connectivity index (χ2v) is 5.22. The fourth-order valence-corrected chi connectivity index (χ4v) is 2.60. The lowest BCUT2D eigenvalue weighted by atomic mass is 10.3. The van der Waals surface area contributed by atoms with E-state index >= 15 is 0 Å². The average molecular weight is 246 g/mol. The van der Waals surface area contributed by atoms with Crippen LogP contribution in [-0.2, 0) is 0 Å². The largest absolute Gasteiger partial charge is 0.396 e. The van der Waals surface area contributed by atoms with E-state index in [2.05, 4.69) is 22.6 Å². The Morgan fingerprint density at radius 1 is 1.60 bits per heavy atom. The summed E-state index contributed by atoms with van der Waals surface area (Å²) >= 11 is 3.51. The van der Waals surface area contributed by atoms with Crippen molar-refractivity contribution in [3.8, 4) is 0 Å². The zero-order chi connectivity index (χ0) is 10.9. The van der Waals surface area contributed by atoms with Crippen LogP contribution < -0.4 is 5.32 Å². The van der Waals surface area contributed by atoms with Gasteiger partial charge in [-0.2, -0.15) is 11.8 Å². The number of nitrogens with zero attached hydrogens (tertiary/aromatic N) is 1. The Hall–Kier alpha value is -0.100. The van der Waals surface area contributed by atoms with E-state index in [0.717, 1.165) is 30.2 Å². The van der Waals surface area contributed by atoms with Crippen molar-refractivity contribution < 1.29 is 5.11 Å². The van der Waals surface area contributed by atoms with Gasteiger partial charge in [0, 0.05) is 30.3 Å². The molecule has 0 aromatic carbocycles. The Labute approximate surface area is 99.3 Å². The molecule has 1 atom stereocenters. The Morgan fingerprint density at radius 3 is 3.13 bits per heavy atom. The van der Waals surface area contributed by atoms with Crippen molar-refractivity contribution in [1.29, 1.82) is 0 Å². The van der Waals surface area contributed by atoms with Crippen LogP contribution in [0.3, 0.4) is 0 Å². The molecule has 0 aliphatic rings. The summed E-state index contributed by atoms with van der Waals surface area (Å²) < 4.78 is 0. The van der Waals surface area contributed by atoms with Gasteiger partial charge in [-0.3, -0.25) is 0 Å². The zero-order valence-electron chi connectivity index (χ0n) is 8.98. The lowest BCUT2D eigenvalue weighted by Gasteiger charge is -2.10. The van der Waals surface area contributed by atoms with Crippen molar-refractivity contribution in [2.45, 2.75) is 19.4 Å². The zero-order valence-corrected chi connectivity index (χ0v) is 10.6. The van der Waals surface area contributed by atoms with Gasteiger partial charge in [0.2, 0.25) is 0 Å². The van der Waals surface area contributed by atoms with E-state index in [-0.39, 0.29) is 0 Å². The van der Waals surface area contributed by atoms with Crippen LogP contribution in [0.1, 0.15) is 25.1 Å². The molecule has 1 rings (SSSR count). The predicted octanol–water partition coefficient (Wildman–Crippen LogP) is 1.91. The highest BCUT2D eigenvalue weighted by Crippen LogP contribution is 2.11. The summed E-state index contributed by atoms with van der Waals surface area (Å²) in [6.07, 6.45) is 0.895. The summed E-state index contributed by atoms with van der Waals surface area (Å²) in [6.45, 7) is 3.43. The number of aliphatic hydroxyl groups is 1. The summed E-state index contributed by atoms with van der Waals surface area (Å²) in [5, 5.41) is 14.1. The molecule has 0 aliphatic carbocycles. The summed E-state index contributed by atoms with van der Waals surface area (Å²) in [5.74, 6) is 2.14. The van der Waals surface area contributed by atoms with Crippen molar-refractivity contribution in [2.75, 3.05) is 24.7 Å². The number of hydrogen-bond donors (Lipinski definition) is 2. The van der Waals surface area contributed by atoms with Crippen LogP contribution in [0, 0.1) is 0 Å². The molecule has 5 heteroatoms. The van der Waals surface area contributed by atoms with Crippen LogP contribution in [0.2, 0.25) is 0 Å². The smallest absolute Gasteiger partial charge is 0.0795 e. The molecule has 15 heavy (non-hydrogen) atoms. The lowest BCUT2D eigenvalue weighted by Crippen LogP contribution is -2.21. The van der Waals surface area contributed by atoms with Crippen molar-refractivity contribution in [3.63, 3.8) is 0 Å². The first-order chi connectivity index (χ1) is 7.34. The van der Waals surface area contributed by atoms with Crippen LogP contribution >= 0.6 is 23.1 Å². The minimum atomic E-state index is 0.301. The molecule has 0 amide bonds. The maximum Gasteiger partial charge on any atom is 0.0795 e. The summed E-state index contributed by atoms with van der Waals surface area (Å²) in [4.78, 5) is 4.26. The highest BCUT2D eigenvalue weighted by molar-refractivity contribution is 7.99. The summed E-state index contributed by atoms with van der Waals surface area (Å²) in [5.41, 5.74) is 2.99. The third-order valence-corrected chi connectivity index (χ3v) is 3.71. The summed E-state index contributed by atoms with van der Waals surface area (Å²) in [7, 11) is 0. The average Bonchev–Trinajstić information content (AvgIpc) is 2.76. The van der Waals surface area contributed by atoms with Crippen molar-refractivity contribution in [3.05, 3.63) is 16.6 Å². The maximum atomic E-state index is 8.60. The SMILES string of the molecule is CC(NCCSCCCO)c1cscn1. The van der Waals surface area contributed by atoms with Crippen LogP contribution in [0.15, 0.2) is 10.9 Å². The fourth-order valence-electron chi connectivity index (χ4n) is 1.16. The van der Waals surface area contributed by atoms with Gasteiger partial charge in [0.05, 0.1) is 11.2 Å². The molecular weight excluding hydrogens is 228 g/mol. The van der Waals surface area contributed by atoms with Gasteiger partial charge in [0.25, 0.3) is 0 Å². The highest BCUT2D eigenvalue weighted by Gasteiger charge is 2.05. The topological polar surface area (TPSA) is 45.1 Å². The molecule has 1 unspecified atom stereocenters. The van der Waals surface area contributed by atoms with Crippen LogP contribution in [0.25, 0.3) is 0 Å². The Balaban J connectivity index is 2.00. The molecule has 2 N–H and O–H groups in total. The van der Waals surface area contributed by atoms with Gasteiger partial charge in [-0.05, 0) is 19.1 Å². The quantitative estimate of drug-likeness (QED) is 0.688. The Bertz CT molecular complexity index is 242. The molecule has 86 valence electrons. The van der Waals surface area contributed by atoms with Gasteiger partial charge < -0.3 is 10.4 Å². The van der Waals surface area contributed by atoms with E-state index in [1.54, 1.807) is 11.3 Å². The third-order valence-electron chi connectivity index (χ3n) is 2.04. The highest BCUT2D eigenvalue weighted by atomic mass is 32.2. The number of hydrogen-bond acceptors (Lipinski definition) is 5. The van der Waals surface area contributed by atoms with E-state index in [1.165, 1.54) is 0 Å². The van der Waals surface area contributed by atoms with E-state index in [0.29, 0.717) is 12.6 Å². The van der Waals surface area contributed by atoms with Crippen molar-refractivity contribution in [1.82, 2.24) is 10.3 Å². The monoisotopic (exact) mass is 246 g/mol. The Morgan fingerprint density at radius 2 is 2.47 bits per heavy atom. The normalized spacial score (nSPS) is 12.9. The van der Waals surface area contributed by atoms with Crippen LogP contribution in [0.4, 0.5) is 0 Å². The molecule has 0 fully saturated rings. The first-order valence-electron chi connectivity index (χ1n) is 5.14. The van der Waals surface area contributed by atoms with Gasteiger partial charge in [0.1, 0.15) is 0 Å². The number of rotatable bonds is 8. The van der Waals surface area contributed by atoms with E-state index in [1.807, 2.05) is 17.3 Å². The number of thioether (sulfide) groups is 1. The molecule has 1 aromatic heterocycles. The van der Waals surface area contributed by atoms with Crippen molar-refractivity contribution in [2.24, 2.45) is 0 Å². The van der Waals surface area contributed by atoms with Gasteiger partial charge in [-0.15, -0.1) is 11.3 Å². The standard InChI is InChI=1S/C10H18N2OS2/c1-9(10-7-15-8-12-10)11-3-6-14-5-2-4-13/h7-9,11,13H,2-6H2,1H3. The third kappa shape index (κ3) is 5.51. The van der Waals surface area contributed by atoms with E-state index in [9.17, 15) is 0 Å². The van der Waals surface area contributed by atoms with Crippen molar-refractivity contribution >= 4 is 23.1 Å². The Kier molecular flexibility index (Phi) is 7.00. The second-order valence-electron chi connectivity index (χ2n) is 3.28. The van der Waals surface area contributed by atoms with E-state index < -0.39 is 0 Å². The second kappa shape index (κ2) is 8.10. The minimum Gasteiger partial charge on any atom is -0.396 e.